The minimum Gasteiger partial charge on any atom is -0.328 e. The summed E-state index contributed by atoms with van der Waals surface area (Å²) >= 11 is 2.59. The van der Waals surface area contributed by atoms with Crippen LogP contribution in [-0.4, -0.2) is 6.41 Å². The fourth-order valence-corrected chi connectivity index (χ4v) is 1.65. The van der Waals surface area contributed by atoms with Gasteiger partial charge in [-0.1, -0.05) is 0 Å². The highest BCUT2D eigenvalue weighted by Gasteiger charge is 2.37. The van der Waals surface area contributed by atoms with Crippen molar-refractivity contribution in [3.05, 3.63) is 28.0 Å². The Labute approximate surface area is 90.4 Å². The lowest BCUT2D eigenvalue weighted by Crippen LogP contribution is -2.11. The van der Waals surface area contributed by atoms with E-state index < -0.39 is 22.0 Å². The van der Waals surface area contributed by atoms with E-state index in [-0.39, 0.29) is 12.1 Å². The van der Waals surface area contributed by atoms with E-state index in [1.165, 1.54) is 0 Å². The lowest BCUT2D eigenvalue weighted by Gasteiger charge is -2.12. The van der Waals surface area contributed by atoms with E-state index in [0.29, 0.717) is 6.07 Å². The fourth-order valence-electron chi connectivity index (χ4n) is 0.987. The van der Waals surface area contributed by atoms with Crippen LogP contribution in [0.15, 0.2) is 16.6 Å². The number of carbonyl (C=O) groups is 1. The highest BCUT2D eigenvalue weighted by atomic mass is 79.9. The van der Waals surface area contributed by atoms with Crippen molar-refractivity contribution in [3.63, 3.8) is 0 Å². The van der Waals surface area contributed by atoms with Gasteiger partial charge in [0, 0.05) is 0 Å². The zero-order valence-electron chi connectivity index (χ0n) is 7.03. The van der Waals surface area contributed by atoms with E-state index in [2.05, 4.69) is 15.9 Å². The van der Waals surface area contributed by atoms with Crippen LogP contribution < -0.4 is 5.32 Å². The lowest BCUT2D eigenvalue weighted by molar-refractivity contribution is -0.140. The average molecular weight is 286 g/mol. The zero-order valence-corrected chi connectivity index (χ0v) is 8.62. The van der Waals surface area contributed by atoms with E-state index in [9.17, 15) is 22.4 Å². The minimum atomic E-state index is -4.82. The maximum atomic E-state index is 12.9. The maximum Gasteiger partial charge on any atom is 0.420 e. The van der Waals surface area contributed by atoms with Gasteiger partial charge in [0.05, 0.1) is 10.2 Å². The second-order valence-electron chi connectivity index (χ2n) is 2.54. The van der Waals surface area contributed by atoms with Gasteiger partial charge in [0.2, 0.25) is 6.41 Å². The van der Waals surface area contributed by atoms with Gasteiger partial charge >= 0.3 is 6.18 Å². The summed E-state index contributed by atoms with van der Waals surface area (Å²) in [7, 11) is 0. The zero-order chi connectivity index (χ0) is 11.6. The van der Waals surface area contributed by atoms with Gasteiger partial charge in [-0.25, -0.2) is 4.39 Å². The van der Waals surface area contributed by atoms with Gasteiger partial charge in [-0.05, 0) is 28.1 Å². The molecule has 1 N–H and O–H groups in total. The predicted octanol–water partition coefficient (Wildman–Crippen LogP) is 3.18. The standard InChI is InChI=1S/C8H4BrF4NO/c9-7-5(14-3-15)2-1-4(10)6(7)8(11,12)13/h1-3H,(H,14,15). The van der Waals surface area contributed by atoms with E-state index in [1.54, 1.807) is 0 Å². The lowest BCUT2D eigenvalue weighted by atomic mass is 10.2. The molecule has 1 aromatic rings. The number of nitrogens with one attached hydrogen (secondary N) is 1. The number of hydrogen-bond acceptors (Lipinski definition) is 1. The van der Waals surface area contributed by atoms with E-state index >= 15 is 0 Å². The molecule has 0 aromatic heterocycles. The Morgan fingerprint density at radius 2 is 1.93 bits per heavy atom. The molecule has 0 aliphatic rings. The van der Waals surface area contributed by atoms with Crippen LogP contribution in [0.3, 0.4) is 0 Å². The molecule has 0 spiro atoms. The van der Waals surface area contributed by atoms with Gasteiger partial charge in [0.15, 0.2) is 0 Å². The number of hydrogen-bond donors (Lipinski definition) is 1. The summed E-state index contributed by atoms with van der Waals surface area (Å²) < 4.78 is 49.4. The molecule has 0 heterocycles. The Kier molecular flexibility index (Phi) is 3.33. The van der Waals surface area contributed by atoms with Crippen molar-refractivity contribution in [1.82, 2.24) is 0 Å². The second-order valence-corrected chi connectivity index (χ2v) is 3.34. The number of amides is 1. The van der Waals surface area contributed by atoms with Crippen molar-refractivity contribution in [2.75, 3.05) is 5.32 Å². The third kappa shape index (κ3) is 2.47. The second kappa shape index (κ2) is 4.18. The molecule has 0 aliphatic carbocycles. The van der Waals surface area contributed by atoms with Gasteiger partial charge in [0.25, 0.3) is 0 Å². The first-order chi connectivity index (χ1) is 6.88. The first-order valence-electron chi connectivity index (χ1n) is 3.63. The topological polar surface area (TPSA) is 29.1 Å². The molecule has 0 saturated carbocycles. The van der Waals surface area contributed by atoms with Crippen LogP contribution in [-0.2, 0) is 11.0 Å². The Hall–Kier alpha value is -1.11. The molecular weight excluding hydrogens is 282 g/mol. The quantitative estimate of drug-likeness (QED) is 0.656. The number of benzene rings is 1. The summed E-state index contributed by atoms with van der Waals surface area (Å²) in [6.45, 7) is 0. The molecule has 0 fully saturated rings. The number of alkyl halides is 3. The highest BCUT2D eigenvalue weighted by Crippen LogP contribution is 2.40. The molecule has 0 unspecified atom stereocenters. The summed E-state index contributed by atoms with van der Waals surface area (Å²) in [6, 6.07) is 1.67. The molecule has 2 nitrogen and oxygen atoms in total. The molecule has 82 valence electrons. The summed E-state index contributed by atoms with van der Waals surface area (Å²) in [5.74, 6) is -1.40. The fraction of sp³-hybridized carbons (Fsp3) is 0.125. The van der Waals surface area contributed by atoms with Crippen LogP contribution in [0, 0.1) is 5.82 Å². The van der Waals surface area contributed by atoms with Gasteiger partial charge in [-0.15, -0.1) is 0 Å². The average Bonchev–Trinajstić information content (AvgIpc) is 2.08. The van der Waals surface area contributed by atoms with Crippen molar-refractivity contribution < 1.29 is 22.4 Å². The molecule has 15 heavy (non-hydrogen) atoms. The monoisotopic (exact) mass is 285 g/mol. The Morgan fingerprint density at radius 1 is 1.33 bits per heavy atom. The van der Waals surface area contributed by atoms with E-state index in [4.69, 9.17) is 0 Å². The SMILES string of the molecule is O=CNc1ccc(F)c(C(F)(F)F)c1Br. The van der Waals surface area contributed by atoms with Crippen LogP contribution in [0.5, 0.6) is 0 Å². The molecule has 7 heteroatoms. The molecule has 1 rings (SSSR count). The van der Waals surface area contributed by atoms with Gasteiger partial charge in [0.1, 0.15) is 11.4 Å². The first-order valence-corrected chi connectivity index (χ1v) is 4.42. The van der Waals surface area contributed by atoms with Crippen molar-refractivity contribution in [3.8, 4) is 0 Å². The van der Waals surface area contributed by atoms with Crippen molar-refractivity contribution in [2.45, 2.75) is 6.18 Å². The largest absolute Gasteiger partial charge is 0.420 e. The smallest absolute Gasteiger partial charge is 0.328 e. The molecule has 0 radical (unpaired) electrons. The van der Waals surface area contributed by atoms with E-state index in [1.807, 2.05) is 5.32 Å². The molecule has 0 bridgehead atoms. The summed E-state index contributed by atoms with van der Waals surface area (Å²) in [4.78, 5) is 10.1. The summed E-state index contributed by atoms with van der Waals surface area (Å²) in [5, 5.41) is 2.02. The highest BCUT2D eigenvalue weighted by molar-refractivity contribution is 9.10. The third-order valence-electron chi connectivity index (χ3n) is 1.59. The Balaban J connectivity index is 3.36. The normalized spacial score (nSPS) is 11.3. The Bertz CT molecular complexity index is 391. The number of rotatable bonds is 2. The summed E-state index contributed by atoms with van der Waals surface area (Å²) in [5.41, 5.74) is -1.58. The van der Waals surface area contributed by atoms with Crippen molar-refractivity contribution in [1.29, 1.82) is 0 Å². The van der Waals surface area contributed by atoms with Crippen LogP contribution in [0.2, 0.25) is 0 Å². The minimum absolute atomic E-state index is 0.140. The molecule has 0 aliphatic heterocycles. The maximum absolute atomic E-state index is 12.9. The number of halogens is 5. The van der Waals surface area contributed by atoms with Crippen LogP contribution in [0.4, 0.5) is 23.2 Å². The molecule has 0 atom stereocenters. The number of carbonyl (C=O) groups excluding carboxylic acids is 1. The van der Waals surface area contributed by atoms with Gasteiger partial charge in [-0.2, -0.15) is 13.2 Å². The molecule has 0 saturated heterocycles. The molecular formula is C8H4BrF4NO. The van der Waals surface area contributed by atoms with Crippen molar-refractivity contribution >= 4 is 28.0 Å². The predicted molar refractivity (Wildman–Crippen MR) is 48.8 cm³/mol. The summed E-state index contributed by atoms with van der Waals surface area (Å²) in [6.07, 6.45) is -4.61. The van der Waals surface area contributed by atoms with Crippen LogP contribution in [0.25, 0.3) is 0 Å². The molecule has 1 amide bonds. The van der Waals surface area contributed by atoms with E-state index in [0.717, 1.165) is 6.07 Å². The van der Waals surface area contributed by atoms with Gasteiger partial charge in [-0.3, -0.25) is 4.79 Å². The van der Waals surface area contributed by atoms with Crippen LogP contribution in [0.1, 0.15) is 5.56 Å². The first kappa shape index (κ1) is 12.0. The van der Waals surface area contributed by atoms with Gasteiger partial charge < -0.3 is 5.32 Å². The Morgan fingerprint density at radius 3 is 2.40 bits per heavy atom. The third-order valence-corrected chi connectivity index (χ3v) is 2.41. The number of anilines is 1. The van der Waals surface area contributed by atoms with Crippen molar-refractivity contribution in [2.24, 2.45) is 0 Å². The molecule has 1 aromatic carbocycles. The van der Waals surface area contributed by atoms with Crippen LogP contribution >= 0.6 is 15.9 Å².